The van der Waals surface area contributed by atoms with E-state index in [9.17, 15) is 8.78 Å². The van der Waals surface area contributed by atoms with Crippen molar-refractivity contribution in [1.29, 1.82) is 0 Å². The lowest BCUT2D eigenvalue weighted by atomic mass is 9.96. The van der Waals surface area contributed by atoms with Crippen molar-refractivity contribution in [3.05, 3.63) is 34.4 Å². The Morgan fingerprint density at radius 2 is 1.60 bits per heavy atom. The first-order valence-electron chi connectivity index (χ1n) is 5.00. The SMILES string of the molecule is Cc1cc(C)c(CC(F)(F)CN)cc1C. The van der Waals surface area contributed by atoms with Crippen LogP contribution in [0.15, 0.2) is 12.1 Å². The molecule has 0 atom stereocenters. The summed E-state index contributed by atoms with van der Waals surface area (Å²) in [5.74, 6) is -2.80. The number of halogens is 2. The van der Waals surface area contributed by atoms with Gasteiger partial charge in [-0.2, -0.15) is 0 Å². The van der Waals surface area contributed by atoms with Crippen LogP contribution in [0.4, 0.5) is 8.78 Å². The van der Waals surface area contributed by atoms with Gasteiger partial charge in [0, 0.05) is 6.42 Å². The maximum Gasteiger partial charge on any atom is 0.264 e. The monoisotopic (exact) mass is 213 g/mol. The van der Waals surface area contributed by atoms with E-state index in [0.29, 0.717) is 5.56 Å². The van der Waals surface area contributed by atoms with Gasteiger partial charge in [-0.05, 0) is 43.0 Å². The number of nitrogens with two attached hydrogens (primary N) is 1. The van der Waals surface area contributed by atoms with E-state index in [0.717, 1.165) is 16.7 Å². The lowest BCUT2D eigenvalue weighted by molar-refractivity contribution is 0.0113. The molecule has 0 aliphatic rings. The van der Waals surface area contributed by atoms with Crippen LogP contribution in [0, 0.1) is 20.8 Å². The fraction of sp³-hybridized carbons (Fsp3) is 0.500. The van der Waals surface area contributed by atoms with Crippen molar-refractivity contribution in [2.45, 2.75) is 33.1 Å². The molecule has 1 aromatic carbocycles. The Labute approximate surface area is 89.3 Å². The highest BCUT2D eigenvalue weighted by Gasteiger charge is 2.27. The standard InChI is InChI=1S/C12H17F2N/c1-8-4-10(3)11(5-9(8)2)6-12(13,14)7-15/h4-5H,6-7,15H2,1-3H3. The van der Waals surface area contributed by atoms with Gasteiger partial charge in [0.15, 0.2) is 0 Å². The Morgan fingerprint density at radius 3 is 2.13 bits per heavy atom. The molecule has 1 aromatic rings. The van der Waals surface area contributed by atoms with Crippen molar-refractivity contribution in [3.8, 4) is 0 Å². The van der Waals surface area contributed by atoms with Gasteiger partial charge in [0.25, 0.3) is 5.92 Å². The van der Waals surface area contributed by atoms with Crippen molar-refractivity contribution in [2.24, 2.45) is 5.73 Å². The largest absolute Gasteiger partial charge is 0.325 e. The third-order valence-electron chi connectivity index (χ3n) is 2.70. The van der Waals surface area contributed by atoms with Crippen LogP contribution in [0.5, 0.6) is 0 Å². The van der Waals surface area contributed by atoms with Crippen LogP contribution in [0.25, 0.3) is 0 Å². The molecule has 0 aliphatic heterocycles. The summed E-state index contributed by atoms with van der Waals surface area (Å²) < 4.78 is 26.3. The van der Waals surface area contributed by atoms with Crippen LogP contribution in [-0.2, 0) is 6.42 Å². The van der Waals surface area contributed by atoms with Crippen LogP contribution in [0.3, 0.4) is 0 Å². The summed E-state index contributed by atoms with van der Waals surface area (Å²) in [6.07, 6.45) is -0.267. The van der Waals surface area contributed by atoms with Crippen molar-refractivity contribution in [1.82, 2.24) is 0 Å². The predicted molar refractivity (Wildman–Crippen MR) is 58.4 cm³/mol. The smallest absolute Gasteiger partial charge is 0.264 e. The molecule has 0 amide bonds. The van der Waals surface area contributed by atoms with Gasteiger partial charge in [-0.3, -0.25) is 0 Å². The first kappa shape index (κ1) is 12.1. The van der Waals surface area contributed by atoms with Crippen molar-refractivity contribution in [3.63, 3.8) is 0 Å². The molecule has 0 heterocycles. The molecular weight excluding hydrogens is 196 g/mol. The number of hydrogen-bond acceptors (Lipinski definition) is 1. The van der Waals surface area contributed by atoms with Gasteiger partial charge in [-0.1, -0.05) is 12.1 Å². The van der Waals surface area contributed by atoms with Gasteiger partial charge in [-0.25, -0.2) is 8.78 Å². The summed E-state index contributed by atoms with van der Waals surface area (Å²) in [5, 5.41) is 0. The van der Waals surface area contributed by atoms with Crippen molar-refractivity contribution in [2.75, 3.05) is 6.54 Å². The summed E-state index contributed by atoms with van der Waals surface area (Å²) in [5.41, 5.74) is 8.80. The first-order valence-corrected chi connectivity index (χ1v) is 5.00. The fourth-order valence-corrected chi connectivity index (χ4v) is 1.56. The quantitative estimate of drug-likeness (QED) is 0.820. The Kier molecular flexibility index (Phi) is 3.45. The highest BCUT2D eigenvalue weighted by Crippen LogP contribution is 2.23. The Hall–Kier alpha value is -0.960. The second-order valence-electron chi connectivity index (χ2n) is 4.10. The predicted octanol–water partition coefficient (Wildman–Crippen LogP) is 2.75. The molecule has 0 saturated heterocycles. The molecule has 0 spiro atoms. The number of benzene rings is 1. The summed E-state index contributed by atoms with van der Waals surface area (Å²) in [6.45, 7) is 5.17. The van der Waals surface area contributed by atoms with Crippen LogP contribution in [0.2, 0.25) is 0 Å². The van der Waals surface area contributed by atoms with E-state index >= 15 is 0 Å². The summed E-state index contributed by atoms with van der Waals surface area (Å²) >= 11 is 0. The number of alkyl halides is 2. The molecule has 0 bridgehead atoms. The molecule has 1 rings (SSSR count). The van der Waals surface area contributed by atoms with Crippen molar-refractivity contribution >= 4 is 0 Å². The van der Waals surface area contributed by atoms with E-state index < -0.39 is 12.5 Å². The lowest BCUT2D eigenvalue weighted by Gasteiger charge is -2.16. The van der Waals surface area contributed by atoms with E-state index in [-0.39, 0.29) is 6.42 Å². The topological polar surface area (TPSA) is 26.0 Å². The van der Waals surface area contributed by atoms with Gasteiger partial charge in [0.05, 0.1) is 6.54 Å². The van der Waals surface area contributed by atoms with Crippen LogP contribution in [-0.4, -0.2) is 12.5 Å². The zero-order chi connectivity index (χ0) is 11.6. The molecule has 84 valence electrons. The number of hydrogen-bond donors (Lipinski definition) is 1. The highest BCUT2D eigenvalue weighted by molar-refractivity contribution is 5.37. The molecule has 0 aromatic heterocycles. The van der Waals surface area contributed by atoms with Gasteiger partial charge in [-0.15, -0.1) is 0 Å². The molecule has 2 N–H and O–H groups in total. The molecule has 0 saturated carbocycles. The van der Waals surface area contributed by atoms with Crippen molar-refractivity contribution < 1.29 is 8.78 Å². The maximum atomic E-state index is 13.1. The minimum absolute atomic E-state index is 0.267. The molecule has 0 unspecified atom stereocenters. The minimum Gasteiger partial charge on any atom is -0.325 e. The van der Waals surface area contributed by atoms with Crippen LogP contribution < -0.4 is 5.73 Å². The number of rotatable bonds is 3. The Morgan fingerprint density at radius 1 is 1.07 bits per heavy atom. The van der Waals surface area contributed by atoms with E-state index in [1.165, 1.54) is 0 Å². The van der Waals surface area contributed by atoms with E-state index in [4.69, 9.17) is 5.73 Å². The Balaban J connectivity index is 3.01. The second kappa shape index (κ2) is 4.27. The van der Waals surface area contributed by atoms with E-state index in [2.05, 4.69) is 0 Å². The zero-order valence-corrected chi connectivity index (χ0v) is 9.40. The fourth-order valence-electron chi connectivity index (χ4n) is 1.56. The summed E-state index contributed by atoms with van der Waals surface area (Å²) in [4.78, 5) is 0. The third kappa shape index (κ3) is 2.99. The van der Waals surface area contributed by atoms with E-state index in [1.54, 1.807) is 0 Å². The van der Waals surface area contributed by atoms with Gasteiger partial charge in [0.2, 0.25) is 0 Å². The minimum atomic E-state index is -2.80. The molecule has 15 heavy (non-hydrogen) atoms. The molecule has 1 nitrogen and oxygen atoms in total. The second-order valence-corrected chi connectivity index (χ2v) is 4.10. The normalized spacial score (nSPS) is 11.9. The lowest BCUT2D eigenvalue weighted by Crippen LogP contribution is -2.30. The highest BCUT2D eigenvalue weighted by atomic mass is 19.3. The van der Waals surface area contributed by atoms with Crippen LogP contribution in [0.1, 0.15) is 22.3 Å². The van der Waals surface area contributed by atoms with Gasteiger partial charge >= 0.3 is 0 Å². The number of aryl methyl sites for hydroxylation is 3. The molecule has 0 radical (unpaired) electrons. The molecule has 0 aliphatic carbocycles. The molecule has 0 fully saturated rings. The van der Waals surface area contributed by atoms with E-state index in [1.807, 2.05) is 32.9 Å². The average molecular weight is 213 g/mol. The maximum absolute atomic E-state index is 13.1. The zero-order valence-electron chi connectivity index (χ0n) is 9.40. The first-order chi connectivity index (χ1) is 6.85. The van der Waals surface area contributed by atoms with Gasteiger partial charge < -0.3 is 5.73 Å². The summed E-state index contributed by atoms with van der Waals surface area (Å²) in [7, 11) is 0. The Bertz CT molecular complexity index is 359. The third-order valence-corrected chi connectivity index (χ3v) is 2.70. The molecular formula is C12H17F2N. The molecule has 3 heteroatoms. The summed E-state index contributed by atoms with van der Waals surface area (Å²) in [6, 6.07) is 3.77. The average Bonchev–Trinajstić information content (AvgIpc) is 2.14. The van der Waals surface area contributed by atoms with Crippen LogP contribution >= 0.6 is 0 Å². The van der Waals surface area contributed by atoms with Gasteiger partial charge in [0.1, 0.15) is 0 Å².